The van der Waals surface area contributed by atoms with E-state index in [0.717, 1.165) is 0 Å². The molecule has 0 amide bonds. The lowest BCUT2D eigenvalue weighted by atomic mass is 9.94. The molecule has 1 aromatic rings. The van der Waals surface area contributed by atoms with Gasteiger partial charge in [-0.25, -0.2) is 4.39 Å². The molecule has 0 spiro atoms. The number of aliphatic carboxylic acids is 1. The van der Waals surface area contributed by atoms with Crippen molar-refractivity contribution in [2.75, 3.05) is 7.11 Å². The number of nitrogens with two attached hydrogens (primary N) is 1. The van der Waals surface area contributed by atoms with Crippen LogP contribution in [0.15, 0.2) is 16.6 Å². The van der Waals surface area contributed by atoms with Crippen molar-refractivity contribution in [3.63, 3.8) is 0 Å². The molecule has 3 N–H and O–H groups in total. The standard InChI is InChI=1S/C13H17BrFNO3/c1-7(4-13(17)18)3-11(16)8-5-9(14)10(15)6-12(8)19-2/h5-7,11H,3-4,16H2,1-2H3,(H,17,18). The van der Waals surface area contributed by atoms with E-state index >= 15 is 0 Å². The van der Waals surface area contributed by atoms with Crippen LogP contribution < -0.4 is 10.5 Å². The maximum atomic E-state index is 13.4. The van der Waals surface area contributed by atoms with Gasteiger partial charge in [0.05, 0.1) is 11.6 Å². The quantitative estimate of drug-likeness (QED) is 0.838. The Morgan fingerprint density at radius 1 is 1.58 bits per heavy atom. The summed E-state index contributed by atoms with van der Waals surface area (Å²) in [4.78, 5) is 10.6. The van der Waals surface area contributed by atoms with Gasteiger partial charge >= 0.3 is 5.97 Å². The first kappa shape index (κ1) is 15.9. The summed E-state index contributed by atoms with van der Waals surface area (Å²) in [5.41, 5.74) is 6.71. The first-order chi connectivity index (χ1) is 8.85. The van der Waals surface area contributed by atoms with Crippen LogP contribution in [0.5, 0.6) is 5.75 Å². The Morgan fingerprint density at radius 3 is 2.74 bits per heavy atom. The topological polar surface area (TPSA) is 72.5 Å². The average molecular weight is 334 g/mol. The number of rotatable bonds is 6. The van der Waals surface area contributed by atoms with E-state index in [-0.39, 0.29) is 12.3 Å². The van der Waals surface area contributed by atoms with Gasteiger partial charge in [-0.05, 0) is 34.3 Å². The summed E-state index contributed by atoms with van der Waals surface area (Å²) in [5, 5.41) is 8.73. The van der Waals surface area contributed by atoms with Crippen molar-refractivity contribution < 1.29 is 19.0 Å². The predicted molar refractivity (Wildman–Crippen MR) is 73.6 cm³/mol. The largest absolute Gasteiger partial charge is 0.496 e. The summed E-state index contributed by atoms with van der Waals surface area (Å²) in [6, 6.07) is 2.44. The number of halogens is 2. The number of carbonyl (C=O) groups is 1. The van der Waals surface area contributed by atoms with Gasteiger partial charge in [-0.15, -0.1) is 0 Å². The highest BCUT2D eigenvalue weighted by molar-refractivity contribution is 9.10. The number of hydrogen-bond acceptors (Lipinski definition) is 3. The summed E-state index contributed by atoms with van der Waals surface area (Å²) in [6.45, 7) is 1.82. The van der Waals surface area contributed by atoms with Crippen LogP contribution >= 0.6 is 15.9 Å². The van der Waals surface area contributed by atoms with Gasteiger partial charge in [0.15, 0.2) is 0 Å². The molecule has 0 aliphatic rings. The Hall–Kier alpha value is -1.14. The maximum Gasteiger partial charge on any atom is 0.303 e. The van der Waals surface area contributed by atoms with Crippen LogP contribution in [-0.4, -0.2) is 18.2 Å². The van der Waals surface area contributed by atoms with Crippen LogP contribution in [0.2, 0.25) is 0 Å². The van der Waals surface area contributed by atoms with E-state index in [1.807, 2.05) is 6.92 Å². The Bertz CT molecular complexity index is 467. The van der Waals surface area contributed by atoms with Gasteiger partial charge in [0, 0.05) is 24.1 Å². The molecule has 0 aliphatic carbocycles. The minimum absolute atomic E-state index is 0.0539. The van der Waals surface area contributed by atoms with Gasteiger partial charge in [0.1, 0.15) is 11.6 Å². The molecule has 0 radical (unpaired) electrons. The van der Waals surface area contributed by atoms with Gasteiger partial charge in [-0.3, -0.25) is 4.79 Å². The second-order valence-corrected chi connectivity index (χ2v) is 5.41. The van der Waals surface area contributed by atoms with Gasteiger partial charge in [-0.1, -0.05) is 6.92 Å². The molecule has 0 heterocycles. The zero-order valence-electron chi connectivity index (χ0n) is 10.8. The monoisotopic (exact) mass is 333 g/mol. The summed E-state index contributed by atoms with van der Waals surface area (Å²) < 4.78 is 18.8. The van der Waals surface area contributed by atoms with E-state index in [4.69, 9.17) is 15.6 Å². The van der Waals surface area contributed by atoms with Crippen LogP contribution in [0.3, 0.4) is 0 Å². The van der Waals surface area contributed by atoms with Crippen molar-refractivity contribution in [2.45, 2.75) is 25.8 Å². The van der Waals surface area contributed by atoms with E-state index in [2.05, 4.69) is 15.9 Å². The van der Waals surface area contributed by atoms with Crippen molar-refractivity contribution in [3.05, 3.63) is 28.0 Å². The number of carboxylic acids is 1. The number of methoxy groups -OCH3 is 1. The lowest BCUT2D eigenvalue weighted by molar-refractivity contribution is -0.138. The zero-order chi connectivity index (χ0) is 14.6. The van der Waals surface area contributed by atoms with E-state index < -0.39 is 17.8 Å². The van der Waals surface area contributed by atoms with E-state index in [9.17, 15) is 9.18 Å². The second-order valence-electron chi connectivity index (χ2n) is 4.55. The fraction of sp³-hybridized carbons (Fsp3) is 0.462. The fourth-order valence-corrected chi connectivity index (χ4v) is 2.31. The first-order valence-electron chi connectivity index (χ1n) is 5.85. The molecule has 0 fully saturated rings. The highest BCUT2D eigenvalue weighted by Gasteiger charge is 2.19. The van der Waals surface area contributed by atoms with Crippen molar-refractivity contribution >= 4 is 21.9 Å². The highest BCUT2D eigenvalue weighted by Crippen LogP contribution is 2.32. The molecular formula is C13H17BrFNO3. The molecular weight excluding hydrogens is 317 g/mol. The Kier molecular flexibility index (Phi) is 5.75. The Balaban J connectivity index is 2.89. The number of ether oxygens (including phenoxy) is 1. The van der Waals surface area contributed by atoms with Crippen molar-refractivity contribution in [1.82, 2.24) is 0 Å². The normalized spacial score (nSPS) is 13.9. The number of carboxylic acid groups (broad SMARTS) is 1. The lowest BCUT2D eigenvalue weighted by Gasteiger charge is -2.19. The SMILES string of the molecule is COc1cc(F)c(Br)cc1C(N)CC(C)CC(=O)O. The van der Waals surface area contributed by atoms with Crippen molar-refractivity contribution in [2.24, 2.45) is 11.7 Å². The third-order valence-electron chi connectivity index (χ3n) is 2.85. The molecule has 0 aliphatic heterocycles. The van der Waals surface area contributed by atoms with E-state index in [1.165, 1.54) is 13.2 Å². The zero-order valence-corrected chi connectivity index (χ0v) is 12.4. The third kappa shape index (κ3) is 4.47. The Labute approximate surface area is 119 Å². The summed E-state index contributed by atoms with van der Waals surface area (Å²) in [6.07, 6.45) is 0.541. The van der Waals surface area contributed by atoms with Crippen molar-refractivity contribution in [1.29, 1.82) is 0 Å². The molecule has 106 valence electrons. The molecule has 19 heavy (non-hydrogen) atoms. The van der Waals surface area contributed by atoms with Gasteiger partial charge in [0.2, 0.25) is 0 Å². The van der Waals surface area contributed by atoms with Gasteiger partial charge in [0.25, 0.3) is 0 Å². The smallest absolute Gasteiger partial charge is 0.303 e. The average Bonchev–Trinajstić information content (AvgIpc) is 2.30. The van der Waals surface area contributed by atoms with Crippen molar-refractivity contribution in [3.8, 4) is 5.75 Å². The third-order valence-corrected chi connectivity index (χ3v) is 3.46. The predicted octanol–water partition coefficient (Wildman–Crippen LogP) is 3.10. The molecule has 0 saturated carbocycles. The van der Waals surface area contributed by atoms with Crippen LogP contribution in [0.4, 0.5) is 4.39 Å². The summed E-state index contributed by atoms with van der Waals surface area (Å²) >= 11 is 3.10. The Morgan fingerprint density at radius 2 is 2.21 bits per heavy atom. The maximum absolute atomic E-state index is 13.4. The minimum atomic E-state index is -0.855. The van der Waals surface area contributed by atoms with Gasteiger partial charge < -0.3 is 15.6 Å². The molecule has 1 aromatic carbocycles. The molecule has 6 heteroatoms. The number of benzene rings is 1. The first-order valence-corrected chi connectivity index (χ1v) is 6.64. The molecule has 0 saturated heterocycles. The van der Waals surface area contributed by atoms with E-state index in [1.54, 1.807) is 6.07 Å². The van der Waals surface area contributed by atoms with Gasteiger partial charge in [-0.2, -0.15) is 0 Å². The number of hydrogen-bond donors (Lipinski definition) is 2. The summed E-state index contributed by atoms with van der Waals surface area (Å²) in [7, 11) is 1.44. The summed E-state index contributed by atoms with van der Waals surface area (Å²) in [5.74, 6) is -0.977. The van der Waals surface area contributed by atoms with Crippen LogP contribution in [0.25, 0.3) is 0 Å². The molecule has 0 aromatic heterocycles. The molecule has 2 unspecified atom stereocenters. The minimum Gasteiger partial charge on any atom is -0.496 e. The van der Waals surface area contributed by atoms with Crippen LogP contribution in [0, 0.1) is 11.7 Å². The lowest BCUT2D eigenvalue weighted by Crippen LogP contribution is -2.17. The molecule has 1 rings (SSSR count). The molecule has 0 bridgehead atoms. The fourth-order valence-electron chi connectivity index (χ4n) is 1.95. The molecule has 2 atom stereocenters. The molecule has 4 nitrogen and oxygen atoms in total. The second kappa shape index (κ2) is 6.86. The van der Waals surface area contributed by atoms with Crippen LogP contribution in [-0.2, 0) is 4.79 Å². The van der Waals surface area contributed by atoms with Crippen LogP contribution in [0.1, 0.15) is 31.4 Å². The highest BCUT2D eigenvalue weighted by atomic mass is 79.9. The van der Waals surface area contributed by atoms with E-state index in [0.29, 0.717) is 22.2 Å².